The van der Waals surface area contributed by atoms with E-state index in [9.17, 15) is 4.79 Å². The van der Waals surface area contributed by atoms with Gasteiger partial charge in [-0.3, -0.25) is 4.79 Å². The second kappa shape index (κ2) is 4.78. The lowest BCUT2D eigenvalue weighted by Gasteiger charge is -2.21. The average molecular weight is 232 g/mol. The van der Waals surface area contributed by atoms with Crippen molar-refractivity contribution in [3.63, 3.8) is 0 Å². The van der Waals surface area contributed by atoms with Crippen LogP contribution in [0.25, 0.3) is 0 Å². The van der Waals surface area contributed by atoms with Crippen molar-refractivity contribution in [3.8, 4) is 0 Å². The largest absolute Gasteiger partial charge is 0.382 e. The number of carbonyl (C=O) groups excluding carboxylic acids is 1. The number of rotatable bonds is 4. The van der Waals surface area contributed by atoms with Crippen molar-refractivity contribution in [1.29, 1.82) is 0 Å². The van der Waals surface area contributed by atoms with E-state index in [1.807, 2.05) is 12.1 Å². The molecule has 0 saturated carbocycles. The van der Waals surface area contributed by atoms with Crippen LogP contribution in [0.4, 0.5) is 5.69 Å². The van der Waals surface area contributed by atoms with Gasteiger partial charge >= 0.3 is 0 Å². The van der Waals surface area contributed by atoms with Crippen molar-refractivity contribution in [2.45, 2.75) is 39.8 Å². The topological polar surface area (TPSA) is 41.1 Å². The zero-order valence-electron chi connectivity index (χ0n) is 10.7. The van der Waals surface area contributed by atoms with Crippen molar-refractivity contribution in [1.82, 2.24) is 5.32 Å². The summed E-state index contributed by atoms with van der Waals surface area (Å²) in [6.07, 6.45) is 1.15. The summed E-state index contributed by atoms with van der Waals surface area (Å²) in [5, 5.41) is 6.30. The van der Waals surface area contributed by atoms with E-state index in [1.165, 1.54) is 0 Å². The first-order valence-corrected chi connectivity index (χ1v) is 6.29. The number of fused-ring (bicyclic) bond motifs is 1. The molecule has 2 atom stereocenters. The molecule has 0 spiro atoms. The number of hydrogen-bond acceptors (Lipinski definition) is 2. The van der Waals surface area contributed by atoms with Gasteiger partial charge in [0.05, 0.1) is 0 Å². The van der Waals surface area contributed by atoms with E-state index in [0.717, 1.165) is 23.2 Å². The van der Waals surface area contributed by atoms with Crippen LogP contribution in [0.2, 0.25) is 0 Å². The Morgan fingerprint density at radius 2 is 2.18 bits per heavy atom. The lowest BCUT2D eigenvalue weighted by Crippen LogP contribution is -2.23. The Hall–Kier alpha value is -1.51. The predicted octanol–water partition coefficient (Wildman–Crippen LogP) is 2.78. The molecule has 0 aliphatic carbocycles. The molecular weight excluding hydrogens is 212 g/mol. The molecule has 0 saturated heterocycles. The van der Waals surface area contributed by atoms with Crippen LogP contribution in [-0.4, -0.2) is 11.9 Å². The maximum Gasteiger partial charge on any atom is 0.251 e. The van der Waals surface area contributed by atoms with Crippen LogP contribution in [0, 0.1) is 5.92 Å². The standard InChI is InChI=1S/C14H20N2O/c1-4-9(2)10(3)16-12-6-5-11-8-15-14(17)13(11)7-12/h5-7,9-10,16H,4,8H2,1-3H3,(H,15,17)/t9-,10-/m1/s1. The van der Waals surface area contributed by atoms with Crippen LogP contribution < -0.4 is 10.6 Å². The van der Waals surface area contributed by atoms with Crippen LogP contribution >= 0.6 is 0 Å². The summed E-state index contributed by atoms with van der Waals surface area (Å²) in [4.78, 5) is 11.6. The summed E-state index contributed by atoms with van der Waals surface area (Å²) in [6.45, 7) is 7.27. The number of carbonyl (C=O) groups is 1. The van der Waals surface area contributed by atoms with Crippen molar-refractivity contribution >= 4 is 11.6 Å². The van der Waals surface area contributed by atoms with Gasteiger partial charge in [-0.05, 0) is 30.5 Å². The molecule has 2 rings (SSSR count). The molecule has 1 aromatic rings. The minimum absolute atomic E-state index is 0.0415. The van der Waals surface area contributed by atoms with Gasteiger partial charge in [0.2, 0.25) is 0 Å². The quantitative estimate of drug-likeness (QED) is 0.838. The SMILES string of the molecule is CC[C@@H](C)[C@@H](C)Nc1ccc2c(c1)C(=O)NC2. The lowest BCUT2D eigenvalue weighted by molar-refractivity contribution is 0.0966. The van der Waals surface area contributed by atoms with Gasteiger partial charge in [0, 0.05) is 23.8 Å². The van der Waals surface area contributed by atoms with E-state index in [4.69, 9.17) is 0 Å². The first-order chi connectivity index (χ1) is 8.11. The number of anilines is 1. The summed E-state index contributed by atoms with van der Waals surface area (Å²) < 4.78 is 0. The monoisotopic (exact) mass is 232 g/mol. The van der Waals surface area contributed by atoms with Crippen molar-refractivity contribution < 1.29 is 4.79 Å². The molecule has 0 unspecified atom stereocenters. The zero-order chi connectivity index (χ0) is 12.4. The van der Waals surface area contributed by atoms with Gasteiger partial charge in [-0.15, -0.1) is 0 Å². The number of hydrogen-bond donors (Lipinski definition) is 2. The molecule has 3 heteroatoms. The van der Waals surface area contributed by atoms with Gasteiger partial charge in [-0.1, -0.05) is 26.3 Å². The van der Waals surface area contributed by atoms with Gasteiger partial charge in [0.1, 0.15) is 0 Å². The third-order valence-corrected chi connectivity index (χ3v) is 3.69. The molecule has 2 N–H and O–H groups in total. The van der Waals surface area contributed by atoms with Gasteiger partial charge in [-0.2, -0.15) is 0 Å². The number of amides is 1. The van der Waals surface area contributed by atoms with Crippen LogP contribution in [0.15, 0.2) is 18.2 Å². The number of benzene rings is 1. The number of nitrogens with one attached hydrogen (secondary N) is 2. The van der Waals surface area contributed by atoms with Crippen molar-refractivity contribution in [2.24, 2.45) is 5.92 Å². The fraction of sp³-hybridized carbons (Fsp3) is 0.500. The van der Waals surface area contributed by atoms with Crippen LogP contribution in [0.3, 0.4) is 0 Å². The highest BCUT2D eigenvalue weighted by atomic mass is 16.1. The van der Waals surface area contributed by atoms with E-state index in [2.05, 4.69) is 37.5 Å². The summed E-state index contributed by atoms with van der Waals surface area (Å²) in [6, 6.07) is 6.45. The Bertz CT molecular complexity index is 428. The smallest absolute Gasteiger partial charge is 0.251 e. The van der Waals surface area contributed by atoms with E-state index in [1.54, 1.807) is 0 Å². The molecule has 17 heavy (non-hydrogen) atoms. The Morgan fingerprint density at radius 3 is 2.88 bits per heavy atom. The van der Waals surface area contributed by atoms with Gasteiger partial charge < -0.3 is 10.6 Å². The van der Waals surface area contributed by atoms with E-state index >= 15 is 0 Å². The van der Waals surface area contributed by atoms with Crippen LogP contribution in [-0.2, 0) is 6.54 Å². The average Bonchev–Trinajstić information content (AvgIpc) is 2.70. The molecule has 0 fully saturated rings. The van der Waals surface area contributed by atoms with Crippen molar-refractivity contribution in [2.75, 3.05) is 5.32 Å². The van der Waals surface area contributed by atoms with Gasteiger partial charge in [-0.25, -0.2) is 0 Å². The molecule has 3 nitrogen and oxygen atoms in total. The highest BCUT2D eigenvalue weighted by Crippen LogP contribution is 2.22. The molecule has 0 radical (unpaired) electrons. The highest BCUT2D eigenvalue weighted by molar-refractivity contribution is 5.99. The highest BCUT2D eigenvalue weighted by Gasteiger charge is 2.19. The fourth-order valence-corrected chi connectivity index (χ4v) is 2.06. The molecule has 1 aliphatic rings. The van der Waals surface area contributed by atoms with E-state index in [-0.39, 0.29) is 5.91 Å². The summed E-state index contributed by atoms with van der Waals surface area (Å²) in [5.74, 6) is 0.664. The maximum absolute atomic E-state index is 11.6. The predicted molar refractivity (Wildman–Crippen MR) is 70.2 cm³/mol. The molecule has 1 aromatic carbocycles. The fourth-order valence-electron chi connectivity index (χ4n) is 2.06. The second-order valence-corrected chi connectivity index (χ2v) is 4.87. The Kier molecular flexibility index (Phi) is 3.36. The minimum Gasteiger partial charge on any atom is -0.382 e. The molecule has 92 valence electrons. The lowest BCUT2D eigenvalue weighted by atomic mass is 10.0. The second-order valence-electron chi connectivity index (χ2n) is 4.87. The van der Waals surface area contributed by atoms with Gasteiger partial charge in [0.15, 0.2) is 0 Å². The molecule has 1 amide bonds. The third kappa shape index (κ3) is 2.43. The zero-order valence-corrected chi connectivity index (χ0v) is 10.7. The summed E-state index contributed by atoms with van der Waals surface area (Å²) in [5.41, 5.74) is 2.94. The summed E-state index contributed by atoms with van der Waals surface area (Å²) >= 11 is 0. The minimum atomic E-state index is 0.0415. The first-order valence-electron chi connectivity index (χ1n) is 6.29. The Labute approximate surface area is 103 Å². The van der Waals surface area contributed by atoms with E-state index < -0.39 is 0 Å². The maximum atomic E-state index is 11.6. The summed E-state index contributed by atoms with van der Waals surface area (Å²) in [7, 11) is 0. The molecule has 1 heterocycles. The molecular formula is C14H20N2O. The first kappa shape index (κ1) is 12.0. The Morgan fingerprint density at radius 1 is 1.41 bits per heavy atom. The molecule has 1 aliphatic heterocycles. The van der Waals surface area contributed by atoms with Gasteiger partial charge in [0.25, 0.3) is 5.91 Å². The van der Waals surface area contributed by atoms with Crippen LogP contribution in [0.1, 0.15) is 43.1 Å². The Balaban J connectivity index is 2.13. The van der Waals surface area contributed by atoms with E-state index in [0.29, 0.717) is 18.5 Å². The molecule has 0 bridgehead atoms. The third-order valence-electron chi connectivity index (χ3n) is 3.69. The normalized spacial score (nSPS) is 17.2. The van der Waals surface area contributed by atoms with Crippen molar-refractivity contribution in [3.05, 3.63) is 29.3 Å². The van der Waals surface area contributed by atoms with Crippen LogP contribution in [0.5, 0.6) is 0 Å². The molecule has 0 aromatic heterocycles.